The van der Waals surface area contributed by atoms with Crippen molar-refractivity contribution in [1.82, 2.24) is 5.32 Å². The van der Waals surface area contributed by atoms with Gasteiger partial charge in [0.1, 0.15) is 5.84 Å². The number of rotatable bonds is 3. The Bertz CT molecular complexity index is 388. The molecule has 0 bridgehead atoms. The first-order valence-electron chi connectivity index (χ1n) is 5.34. The first-order chi connectivity index (χ1) is 7.27. The van der Waals surface area contributed by atoms with Crippen molar-refractivity contribution in [2.45, 2.75) is 13.8 Å². The Morgan fingerprint density at radius 1 is 1.38 bits per heavy atom. The van der Waals surface area contributed by atoms with Crippen LogP contribution in [-0.2, 0) is 0 Å². The number of aryl methyl sites for hydroxylation is 1. The van der Waals surface area contributed by atoms with Crippen molar-refractivity contribution >= 4 is 23.9 Å². The van der Waals surface area contributed by atoms with Gasteiger partial charge in [-0.3, -0.25) is 4.99 Å². The summed E-state index contributed by atoms with van der Waals surface area (Å²) in [4.78, 5) is 4.35. The molecule has 16 heavy (non-hydrogen) atoms. The largest absolute Gasteiger partial charge is 0.378 e. The van der Waals surface area contributed by atoms with Crippen molar-refractivity contribution in [2.75, 3.05) is 25.0 Å². The third-order valence-electron chi connectivity index (χ3n) is 2.79. The summed E-state index contributed by atoms with van der Waals surface area (Å²) in [5.74, 6) is 1.07. The fourth-order valence-electron chi connectivity index (χ4n) is 1.69. The van der Waals surface area contributed by atoms with Crippen molar-refractivity contribution in [2.24, 2.45) is 4.99 Å². The van der Waals surface area contributed by atoms with Crippen molar-refractivity contribution in [1.29, 1.82) is 0 Å². The Morgan fingerprint density at radius 3 is 2.88 bits per heavy atom. The lowest BCUT2D eigenvalue weighted by atomic mass is 10.1. The minimum Gasteiger partial charge on any atom is -0.378 e. The van der Waals surface area contributed by atoms with Gasteiger partial charge in [0, 0.05) is 12.2 Å². The molecule has 0 amide bonds. The highest BCUT2D eigenvalue weighted by Gasteiger charge is 2.05. The standard InChI is InChI=1S/C12H17N3.ClH/c1-9-4-3-5-11(10(9)2)15-8-12-13-6-7-14-12;/h3-5,15H,6-8H2,1-2H3,(H,13,14);1H. The third-order valence-corrected chi connectivity index (χ3v) is 2.79. The first-order valence-corrected chi connectivity index (χ1v) is 5.34. The van der Waals surface area contributed by atoms with E-state index in [1.165, 1.54) is 16.8 Å². The van der Waals surface area contributed by atoms with Crippen LogP contribution in [0.4, 0.5) is 5.69 Å². The Kier molecular flexibility index (Phi) is 4.62. The van der Waals surface area contributed by atoms with Gasteiger partial charge in [-0.2, -0.15) is 0 Å². The SMILES string of the molecule is Cc1cccc(NCC2=NCCN2)c1C.Cl. The van der Waals surface area contributed by atoms with Crippen molar-refractivity contribution in [3.05, 3.63) is 29.3 Å². The molecule has 0 saturated carbocycles. The summed E-state index contributed by atoms with van der Waals surface area (Å²) in [6, 6.07) is 6.32. The Hall–Kier alpha value is -1.22. The van der Waals surface area contributed by atoms with Gasteiger partial charge in [0.25, 0.3) is 0 Å². The highest BCUT2D eigenvalue weighted by Crippen LogP contribution is 2.17. The molecule has 0 atom stereocenters. The van der Waals surface area contributed by atoms with E-state index in [-0.39, 0.29) is 12.4 Å². The smallest absolute Gasteiger partial charge is 0.116 e. The van der Waals surface area contributed by atoms with E-state index in [1.807, 2.05) is 0 Å². The van der Waals surface area contributed by atoms with Gasteiger partial charge >= 0.3 is 0 Å². The van der Waals surface area contributed by atoms with Crippen LogP contribution >= 0.6 is 12.4 Å². The normalized spacial score (nSPS) is 13.8. The summed E-state index contributed by atoms with van der Waals surface area (Å²) in [6.45, 7) is 6.95. The molecule has 88 valence electrons. The number of halogens is 1. The molecule has 4 heteroatoms. The lowest BCUT2D eigenvalue weighted by molar-refractivity contribution is 0.956. The second-order valence-electron chi connectivity index (χ2n) is 3.86. The van der Waals surface area contributed by atoms with E-state index in [1.54, 1.807) is 0 Å². The molecule has 0 aliphatic carbocycles. The number of hydrogen-bond acceptors (Lipinski definition) is 3. The average molecular weight is 240 g/mol. The van der Waals surface area contributed by atoms with Gasteiger partial charge in [-0.05, 0) is 31.0 Å². The van der Waals surface area contributed by atoms with Gasteiger partial charge < -0.3 is 10.6 Å². The van der Waals surface area contributed by atoms with Crippen LogP contribution in [0, 0.1) is 13.8 Å². The van der Waals surface area contributed by atoms with Crippen LogP contribution in [0.5, 0.6) is 0 Å². The molecule has 2 N–H and O–H groups in total. The fraction of sp³-hybridized carbons (Fsp3) is 0.417. The van der Waals surface area contributed by atoms with Crippen molar-refractivity contribution in [3.63, 3.8) is 0 Å². The summed E-state index contributed by atoms with van der Waals surface area (Å²) in [5, 5.41) is 6.65. The monoisotopic (exact) mass is 239 g/mol. The quantitative estimate of drug-likeness (QED) is 0.848. The molecule has 1 aliphatic rings. The number of nitrogens with zero attached hydrogens (tertiary/aromatic N) is 1. The zero-order valence-electron chi connectivity index (χ0n) is 9.71. The van der Waals surface area contributed by atoms with Crippen LogP contribution in [0.15, 0.2) is 23.2 Å². The van der Waals surface area contributed by atoms with Crippen LogP contribution in [0.3, 0.4) is 0 Å². The van der Waals surface area contributed by atoms with E-state index in [0.29, 0.717) is 0 Å². The molecule has 1 heterocycles. The Labute approximate surface area is 103 Å². The zero-order chi connectivity index (χ0) is 10.7. The topological polar surface area (TPSA) is 36.4 Å². The molecule has 0 unspecified atom stereocenters. The molecule has 1 aliphatic heterocycles. The Balaban J connectivity index is 0.00000128. The lowest BCUT2D eigenvalue weighted by Crippen LogP contribution is -2.26. The van der Waals surface area contributed by atoms with E-state index >= 15 is 0 Å². The maximum absolute atomic E-state index is 4.35. The second kappa shape index (κ2) is 5.75. The van der Waals surface area contributed by atoms with Crippen LogP contribution in [-0.4, -0.2) is 25.5 Å². The van der Waals surface area contributed by atoms with Crippen molar-refractivity contribution < 1.29 is 0 Å². The number of benzene rings is 1. The summed E-state index contributed by atoms with van der Waals surface area (Å²) in [5.41, 5.74) is 3.84. The predicted molar refractivity (Wildman–Crippen MR) is 72.0 cm³/mol. The lowest BCUT2D eigenvalue weighted by Gasteiger charge is -2.11. The van der Waals surface area contributed by atoms with Crippen molar-refractivity contribution in [3.8, 4) is 0 Å². The van der Waals surface area contributed by atoms with Gasteiger partial charge in [0.05, 0.1) is 13.1 Å². The summed E-state index contributed by atoms with van der Waals surface area (Å²) < 4.78 is 0. The van der Waals surface area contributed by atoms with Gasteiger partial charge in [-0.25, -0.2) is 0 Å². The van der Waals surface area contributed by atoms with Gasteiger partial charge in [0.2, 0.25) is 0 Å². The number of hydrogen-bond donors (Lipinski definition) is 2. The number of nitrogens with one attached hydrogen (secondary N) is 2. The van der Waals surface area contributed by atoms with Gasteiger partial charge in [-0.1, -0.05) is 12.1 Å². The molecule has 0 aromatic heterocycles. The molecular weight excluding hydrogens is 222 g/mol. The highest BCUT2D eigenvalue weighted by molar-refractivity contribution is 5.87. The summed E-state index contributed by atoms with van der Waals surface area (Å²) in [7, 11) is 0. The van der Waals surface area contributed by atoms with Crippen LogP contribution in [0.1, 0.15) is 11.1 Å². The number of amidine groups is 1. The van der Waals surface area contributed by atoms with E-state index < -0.39 is 0 Å². The molecule has 3 nitrogen and oxygen atoms in total. The zero-order valence-corrected chi connectivity index (χ0v) is 10.5. The van der Waals surface area contributed by atoms with Gasteiger partial charge in [0.15, 0.2) is 0 Å². The maximum atomic E-state index is 4.35. The molecule has 0 fully saturated rings. The van der Waals surface area contributed by atoms with E-state index in [0.717, 1.165) is 25.5 Å². The number of anilines is 1. The summed E-state index contributed by atoms with van der Waals surface area (Å²) >= 11 is 0. The molecule has 1 aromatic carbocycles. The molecule has 0 radical (unpaired) electrons. The van der Waals surface area contributed by atoms with E-state index in [2.05, 4.69) is 47.7 Å². The molecule has 1 aromatic rings. The maximum Gasteiger partial charge on any atom is 0.116 e. The second-order valence-corrected chi connectivity index (χ2v) is 3.86. The average Bonchev–Trinajstić information content (AvgIpc) is 2.73. The minimum absolute atomic E-state index is 0. The third kappa shape index (κ3) is 2.89. The van der Waals surface area contributed by atoms with Crippen LogP contribution in [0.2, 0.25) is 0 Å². The molecule has 0 saturated heterocycles. The molecule has 2 rings (SSSR count). The molecule has 0 spiro atoms. The minimum atomic E-state index is 0. The van der Waals surface area contributed by atoms with E-state index in [4.69, 9.17) is 0 Å². The fourth-order valence-corrected chi connectivity index (χ4v) is 1.69. The summed E-state index contributed by atoms with van der Waals surface area (Å²) in [6.07, 6.45) is 0. The molecular formula is C12H18ClN3. The first kappa shape index (κ1) is 12.8. The highest BCUT2D eigenvalue weighted by atomic mass is 35.5. The van der Waals surface area contributed by atoms with Crippen LogP contribution in [0.25, 0.3) is 0 Å². The predicted octanol–water partition coefficient (Wildman–Crippen LogP) is 2.14. The Morgan fingerprint density at radius 2 is 2.19 bits per heavy atom. The number of aliphatic imine (C=N–C) groups is 1. The van der Waals surface area contributed by atoms with E-state index in [9.17, 15) is 0 Å². The van der Waals surface area contributed by atoms with Gasteiger partial charge in [-0.15, -0.1) is 12.4 Å². The van der Waals surface area contributed by atoms with Crippen LogP contribution < -0.4 is 10.6 Å².